The fourth-order valence-electron chi connectivity index (χ4n) is 3.07. The molecule has 1 heterocycles. The van der Waals surface area contributed by atoms with Crippen LogP contribution >= 0.6 is 0 Å². The van der Waals surface area contributed by atoms with Gasteiger partial charge in [0.25, 0.3) is 0 Å². The van der Waals surface area contributed by atoms with E-state index in [0.29, 0.717) is 12.0 Å². The summed E-state index contributed by atoms with van der Waals surface area (Å²) >= 11 is 0. The van der Waals surface area contributed by atoms with E-state index in [0.717, 1.165) is 19.6 Å². The zero-order chi connectivity index (χ0) is 14.0. The highest BCUT2D eigenvalue weighted by Crippen LogP contribution is 2.22. The third-order valence-corrected chi connectivity index (χ3v) is 4.09. The molecule has 0 aliphatic carbocycles. The van der Waals surface area contributed by atoms with E-state index in [-0.39, 0.29) is 5.54 Å². The molecule has 1 aromatic rings. The van der Waals surface area contributed by atoms with Gasteiger partial charge in [-0.2, -0.15) is 0 Å². The summed E-state index contributed by atoms with van der Waals surface area (Å²) in [5.74, 6) is 0.688. The molecule has 1 atom stereocenters. The van der Waals surface area contributed by atoms with Gasteiger partial charge in [0.15, 0.2) is 0 Å². The molecule has 0 radical (unpaired) electrons. The van der Waals surface area contributed by atoms with Crippen molar-refractivity contribution >= 4 is 0 Å². The lowest BCUT2D eigenvalue weighted by molar-refractivity contribution is 0.0627. The number of nitrogens with one attached hydrogen (secondary N) is 1. The lowest BCUT2D eigenvalue weighted by Gasteiger charge is -2.46. The van der Waals surface area contributed by atoms with E-state index >= 15 is 0 Å². The summed E-state index contributed by atoms with van der Waals surface area (Å²) < 4.78 is 0. The predicted molar refractivity (Wildman–Crippen MR) is 82.3 cm³/mol. The van der Waals surface area contributed by atoms with Crippen LogP contribution in [-0.2, 0) is 6.54 Å². The van der Waals surface area contributed by atoms with Crippen molar-refractivity contribution in [1.29, 1.82) is 0 Å². The first-order valence-electron chi connectivity index (χ1n) is 7.42. The minimum absolute atomic E-state index is 0.217. The Bertz CT molecular complexity index is 423. The molecule has 0 aromatic heterocycles. The molecule has 1 aliphatic rings. The number of rotatable bonds is 3. The van der Waals surface area contributed by atoms with Gasteiger partial charge >= 0.3 is 0 Å². The van der Waals surface area contributed by atoms with Gasteiger partial charge in [0.05, 0.1) is 0 Å². The number of hydrogen-bond acceptors (Lipinski definition) is 2. The maximum atomic E-state index is 3.68. The molecule has 2 nitrogen and oxygen atoms in total. The highest BCUT2D eigenvalue weighted by Gasteiger charge is 2.33. The zero-order valence-corrected chi connectivity index (χ0v) is 13.0. The summed E-state index contributed by atoms with van der Waals surface area (Å²) in [5.41, 5.74) is 3.01. The zero-order valence-electron chi connectivity index (χ0n) is 13.0. The molecule has 1 N–H and O–H groups in total. The fraction of sp³-hybridized carbons (Fsp3) is 0.647. The second-order valence-corrected chi connectivity index (χ2v) is 6.97. The van der Waals surface area contributed by atoms with Gasteiger partial charge in [-0.3, -0.25) is 4.90 Å². The van der Waals surface area contributed by atoms with Crippen LogP contribution in [0.1, 0.15) is 38.8 Å². The Morgan fingerprint density at radius 2 is 2.11 bits per heavy atom. The summed E-state index contributed by atoms with van der Waals surface area (Å²) in [6, 6.07) is 9.54. The smallest absolute Gasteiger partial charge is 0.0253 e. The Morgan fingerprint density at radius 3 is 2.74 bits per heavy atom. The molecule has 1 saturated heterocycles. The molecule has 1 aliphatic heterocycles. The van der Waals surface area contributed by atoms with Gasteiger partial charge < -0.3 is 5.32 Å². The van der Waals surface area contributed by atoms with Crippen molar-refractivity contribution in [3.63, 3.8) is 0 Å². The van der Waals surface area contributed by atoms with Crippen LogP contribution in [0.15, 0.2) is 24.3 Å². The molecule has 1 unspecified atom stereocenters. The molecule has 0 bridgehead atoms. The van der Waals surface area contributed by atoms with Crippen LogP contribution in [0, 0.1) is 12.8 Å². The van der Waals surface area contributed by atoms with Crippen LogP contribution in [0.25, 0.3) is 0 Å². The number of hydrogen-bond donors (Lipinski definition) is 1. The van der Waals surface area contributed by atoms with Gasteiger partial charge in [-0.05, 0) is 32.3 Å². The molecular formula is C17H28N2. The first-order valence-corrected chi connectivity index (χ1v) is 7.42. The lowest BCUT2D eigenvalue weighted by atomic mass is 9.92. The van der Waals surface area contributed by atoms with Crippen molar-refractivity contribution in [3.8, 4) is 0 Å². The predicted octanol–water partition coefficient (Wildman–Crippen LogP) is 3.20. The van der Waals surface area contributed by atoms with Crippen molar-refractivity contribution in [1.82, 2.24) is 10.2 Å². The van der Waals surface area contributed by atoms with E-state index in [2.05, 4.69) is 69.1 Å². The van der Waals surface area contributed by atoms with E-state index in [9.17, 15) is 0 Å². The Morgan fingerprint density at radius 1 is 1.37 bits per heavy atom. The van der Waals surface area contributed by atoms with Crippen LogP contribution in [0.5, 0.6) is 0 Å². The van der Waals surface area contributed by atoms with Crippen LogP contribution in [0.2, 0.25) is 0 Å². The monoisotopic (exact) mass is 260 g/mol. The molecule has 0 amide bonds. The Labute approximate surface area is 118 Å². The maximum Gasteiger partial charge on any atom is 0.0253 e. The summed E-state index contributed by atoms with van der Waals surface area (Å²) in [4.78, 5) is 2.65. The normalized spacial score (nSPS) is 23.8. The van der Waals surface area contributed by atoms with Crippen LogP contribution in [-0.4, -0.2) is 29.6 Å². The minimum atomic E-state index is 0.217. The number of nitrogens with zero attached hydrogens (tertiary/aromatic N) is 1. The van der Waals surface area contributed by atoms with Gasteiger partial charge in [-0.15, -0.1) is 0 Å². The molecule has 0 saturated carbocycles. The average Bonchev–Trinajstić information content (AvgIpc) is 2.27. The molecule has 1 fully saturated rings. The van der Waals surface area contributed by atoms with Gasteiger partial charge in [-0.25, -0.2) is 0 Å². The van der Waals surface area contributed by atoms with E-state index < -0.39 is 0 Å². The topological polar surface area (TPSA) is 15.3 Å². The van der Waals surface area contributed by atoms with E-state index in [1.165, 1.54) is 11.1 Å². The van der Waals surface area contributed by atoms with Crippen molar-refractivity contribution < 1.29 is 0 Å². The molecule has 2 rings (SSSR count). The first kappa shape index (κ1) is 14.5. The second kappa shape index (κ2) is 5.64. The molecule has 19 heavy (non-hydrogen) atoms. The average molecular weight is 260 g/mol. The standard InChI is InChI=1S/C17H28N2/c1-13(2)16-10-18-17(4,5)12-19(16)11-15-8-6-7-14(3)9-15/h6-9,13,16,18H,10-12H2,1-5H3. The largest absolute Gasteiger partial charge is 0.309 e. The van der Waals surface area contributed by atoms with Crippen LogP contribution in [0.4, 0.5) is 0 Å². The third-order valence-electron chi connectivity index (χ3n) is 4.09. The first-order chi connectivity index (χ1) is 8.87. The second-order valence-electron chi connectivity index (χ2n) is 6.97. The molecule has 0 spiro atoms. The quantitative estimate of drug-likeness (QED) is 0.898. The van der Waals surface area contributed by atoms with Gasteiger partial charge in [0.1, 0.15) is 0 Å². The Kier molecular flexibility index (Phi) is 4.32. The number of piperazine rings is 1. The van der Waals surface area contributed by atoms with Crippen molar-refractivity contribution in [2.45, 2.75) is 52.7 Å². The van der Waals surface area contributed by atoms with Crippen molar-refractivity contribution in [2.24, 2.45) is 5.92 Å². The summed E-state index contributed by atoms with van der Waals surface area (Å²) in [7, 11) is 0. The third kappa shape index (κ3) is 3.80. The van der Waals surface area contributed by atoms with E-state index in [1.54, 1.807) is 0 Å². The highest BCUT2D eigenvalue weighted by molar-refractivity contribution is 5.22. The van der Waals surface area contributed by atoms with Crippen LogP contribution < -0.4 is 5.32 Å². The summed E-state index contributed by atoms with van der Waals surface area (Å²) in [5, 5.41) is 3.68. The highest BCUT2D eigenvalue weighted by atomic mass is 15.2. The fourth-order valence-corrected chi connectivity index (χ4v) is 3.07. The molecular weight excluding hydrogens is 232 g/mol. The number of benzene rings is 1. The number of aryl methyl sites for hydroxylation is 1. The van der Waals surface area contributed by atoms with Gasteiger partial charge in [0, 0.05) is 31.2 Å². The van der Waals surface area contributed by atoms with E-state index in [4.69, 9.17) is 0 Å². The van der Waals surface area contributed by atoms with Gasteiger partial charge in [0.2, 0.25) is 0 Å². The van der Waals surface area contributed by atoms with E-state index in [1.807, 2.05) is 0 Å². The lowest BCUT2D eigenvalue weighted by Crippen LogP contribution is -2.62. The SMILES string of the molecule is Cc1cccc(CN2CC(C)(C)NCC2C(C)C)c1. The Balaban J connectivity index is 2.13. The minimum Gasteiger partial charge on any atom is -0.309 e. The Hall–Kier alpha value is -0.860. The summed E-state index contributed by atoms with van der Waals surface area (Å²) in [6.07, 6.45) is 0. The summed E-state index contributed by atoms with van der Waals surface area (Å²) in [6.45, 7) is 14.7. The molecule has 1 aromatic carbocycles. The van der Waals surface area contributed by atoms with Crippen LogP contribution in [0.3, 0.4) is 0 Å². The molecule has 2 heteroatoms. The maximum absolute atomic E-state index is 3.68. The molecule has 106 valence electrons. The van der Waals surface area contributed by atoms with Crippen molar-refractivity contribution in [2.75, 3.05) is 13.1 Å². The van der Waals surface area contributed by atoms with Crippen molar-refractivity contribution in [3.05, 3.63) is 35.4 Å². The van der Waals surface area contributed by atoms with Gasteiger partial charge in [-0.1, -0.05) is 43.7 Å².